The predicted molar refractivity (Wildman–Crippen MR) is 77.8 cm³/mol. The van der Waals surface area contributed by atoms with Crippen LogP contribution in [0.2, 0.25) is 0 Å². The number of halogens is 2. The van der Waals surface area contributed by atoms with E-state index in [9.17, 15) is 0 Å². The summed E-state index contributed by atoms with van der Waals surface area (Å²) >= 11 is 3.44. The zero-order chi connectivity index (χ0) is 12.0. The molecule has 0 saturated heterocycles. The first-order valence-electron chi connectivity index (χ1n) is 5.48. The summed E-state index contributed by atoms with van der Waals surface area (Å²) in [5.74, 6) is 0.850. The molecule has 0 aliphatic carbocycles. The van der Waals surface area contributed by atoms with E-state index in [-0.39, 0.29) is 18.4 Å². The van der Waals surface area contributed by atoms with Crippen molar-refractivity contribution in [3.63, 3.8) is 0 Å². The highest BCUT2D eigenvalue weighted by atomic mass is 79.9. The Balaban J connectivity index is 0.00000256. The van der Waals surface area contributed by atoms with Gasteiger partial charge in [0, 0.05) is 16.1 Å². The smallest absolute Gasteiger partial charge is 0.123 e. The van der Waals surface area contributed by atoms with Crippen molar-refractivity contribution in [1.82, 2.24) is 0 Å². The van der Waals surface area contributed by atoms with E-state index in [1.165, 1.54) is 0 Å². The molecule has 0 spiro atoms. The summed E-state index contributed by atoms with van der Waals surface area (Å²) in [4.78, 5) is 0. The van der Waals surface area contributed by atoms with Crippen molar-refractivity contribution in [2.24, 2.45) is 11.5 Å². The molecular weight excluding hydrogens is 304 g/mol. The van der Waals surface area contributed by atoms with Crippen molar-refractivity contribution in [2.45, 2.75) is 25.3 Å². The number of hydrogen-bond donors (Lipinski definition) is 2. The Bertz CT molecular complexity index is 336. The Labute approximate surface area is 117 Å². The second-order valence-electron chi connectivity index (χ2n) is 3.78. The number of hydrogen-bond acceptors (Lipinski definition) is 3. The maximum absolute atomic E-state index is 6.14. The Morgan fingerprint density at radius 2 is 2.06 bits per heavy atom. The molecule has 0 saturated carbocycles. The van der Waals surface area contributed by atoms with Crippen LogP contribution < -0.4 is 16.2 Å². The zero-order valence-corrected chi connectivity index (χ0v) is 12.4. The summed E-state index contributed by atoms with van der Waals surface area (Å²) in [6.45, 7) is 0.725. The van der Waals surface area contributed by atoms with Gasteiger partial charge in [0.1, 0.15) is 5.75 Å². The van der Waals surface area contributed by atoms with Crippen LogP contribution in [0.4, 0.5) is 0 Å². The average Bonchev–Trinajstić information content (AvgIpc) is 2.29. The molecule has 0 fully saturated rings. The standard InChI is InChI=1S/C12H19BrN2O.ClH/c1-16-12-6-5-9(13)8-10(12)11(15)4-2-3-7-14;/h5-6,8,11H,2-4,7,14-15H2,1H3;1H/t11-;/m1./s1. The molecule has 3 nitrogen and oxygen atoms in total. The molecule has 0 radical (unpaired) electrons. The Hall–Kier alpha value is -0.290. The van der Waals surface area contributed by atoms with E-state index in [0.717, 1.165) is 41.6 Å². The molecule has 0 unspecified atom stereocenters. The van der Waals surface area contributed by atoms with Crippen LogP contribution in [0.15, 0.2) is 22.7 Å². The summed E-state index contributed by atoms with van der Waals surface area (Å²) in [6, 6.07) is 5.92. The fourth-order valence-corrected chi connectivity index (χ4v) is 2.04. The van der Waals surface area contributed by atoms with Crippen LogP contribution in [0.25, 0.3) is 0 Å². The summed E-state index contributed by atoms with van der Waals surface area (Å²) in [5, 5.41) is 0. The van der Waals surface area contributed by atoms with E-state index in [2.05, 4.69) is 15.9 Å². The van der Waals surface area contributed by atoms with Gasteiger partial charge in [-0.15, -0.1) is 12.4 Å². The minimum absolute atomic E-state index is 0. The van der Waals surface area contributed by atoms with Crippen LogP contribution in [0.5, 0.6) is 5.75 Å². The molecule has 0 bridgehead atoms. The lowest BCUT2D eigenvalue weighted by Gasteiger charge is -2.15. The van der Waals surface area contributed by atoms with Crippen molar-refractivity contribution in [3.8, 4) is 5.75 Å². The van der Waals surface area contributed by atoms with E-state index < -0.39 is 0 Å². The Morgan fingerprint density at radius 1 is 1.35 bits per heavy atom. The van der Waals surface area contributed by atoms with Gasteiger partial charge in [0.15, 0.2) is 0 Å². The van der Waals surface area contributed by atoms with Gasteiger partial charge in [-0.3, -0.25) is 0 Å². The van der Waals surface area contributed by atoms with E-state index in [1.807, 2.05) is 18.2 Å². The van der Waals surface area contributed by atoms with E-state index in [0.29, 0.717) is 0 Å². The van der Waals surface area contributed by atoms with Crippen molar-refractivity contribution in [2.75, 3.05) is 13.7 Å². The highest BCUT2D eigenvalue weighted by Crippen LogP contribution is 2.29. The third-order valence-electron chi connectivity index (χ3n) is 2.56. The molecule has 0 aliphatic heterocycles. The molecule has 0 aliphatic rings. The second kappa shape index (κ2) is 8.75. The van der Waals surface area contributed by atoms with Crippen molar-refractivity contribution >= 4 is 28.3 Å². The minimum atomic E-state index is 0. The number of ether oxygens (including phenoxy) is 1. The number of unbranched alkanes of at least 4 members (excludes halogenated alkanes) is 1. The lowest BCUT2D eigenvalue weighted by Crippen LogP contribution is -2.12. The summed E-state index contributed by atoms with van der Waals surface area (Å²) < 4.78 is 6.33. The third-order valence-corrected chi connectivity index (χ3v) is 3.05. The van der Waals surface area contributed by atoms with Gasteiger partial charge in [0.25, 0.3) is 0 Å². The molecule has 98 valence electrons. The van der Waals surface area contributed by atoms with Crippen molar-refractivity contribution in [1.29, 1.82) is 0 Å². The molecule has 17 heavy (non-hydrogen) atoms. The van der Waals surface area contributed by atoms with Gasteiger partial charge in [-0.1, -0.05) is 22.4 Å². The van der Waals surface area contributed by atoms with Gasteiger partial charge in [0.05, 0.1) is 7.11 Å². The van der Waals surface area contributed by atoms with E-state index in [4.69, 9.17) is 16.2 Å². The van der Waals surface area contributed by atoms with Crippen LogP contribution >= 0.6 is 28.3 Å². The van der Waals surface area contributed by atoms with Gasteiger partial charge in [0.2, 0.25) is 0 Å². The van der Waals surface area contributed by atoms with Crippen LogP contribution in [0.3, 0.4) is 0 Å². The van der Waals surface area contributed by atoms with Crippen molar-refractivity contribution < 1.29 is 4.74 Å². The molecule has 1 aromatic carbocycles. The largest absolute Gasteiger partial charge is 0.496 e. The SMILES string of the molecule is COc1ccc(Br)cc1[C@H](N)CCCCN.Cl. The van der Waals surface area contributed by atoms with Crippen LogP contribution in [-0.2, 0) is 0 Å². The fourth-order valence-electron chi connectivity index (χ4n) is 1.66. The molecule has 1 rings (SSSR count). The van der Waals surface area contributed by atoms with Gasteiger partial charge < -0.3 is 16.2 Å². The summed E-state index contributed by atoms with van der Waals surface area (Å²) in [7, 11) is 1.67. The highest BCUT2D eigenvalue weighted by molar-refractivity contribution is 9.10. The van der Waals surface area contributed by atoms with Gasteiger partial charge in [-0.2, -0.15) is 0 Å². The lowest BCUT2D eigenvalue weighted by atomic mass is 10.0. The minimum Gasteiger partial charge on any atom is -0.496 e. The van der Waals surface area contributed by atoms with Crippen LogP contribution in [-0.4, -0.2) is 13.7 Å². The first kappa shape index (κ1) is 16.7. The second-order valence-corrected chi connectivity index (χ2v) is 4.69. The predicted octanol–water partition coefficient (Wildman–Crippen LogP) is 3.01. The maximum atomic E-state index is 6.14. The third kappa shape index (κ3) is 5.25. The van der Waals surface area contributed by atoms with E-state index in [1.54, 1.807) is 7.11 Å². The number of nitrogens with two attached hydrogens (primary N) is 2. The van der Waals surface area contributed by atoms with Gasteiger partial charge >= 0.3 is 0 Å². The first-order chi connectivity index (χ1) is 7.69. The number of benzene rings is 1. The molecule has 4 N–H and O–H groups in total. The maximum Gasteiger partial charge on any atom is 0.123 e. The molecule has 5 heteroatoms. The van der Waals surface area contributed by atoms with Crippen LogP contribution in [0, 0.1) is 0 Å². The van der Waals surface area contributed by atoms with Gasteiger partial charge in [-0.05, 0) is 37.6 Å². The van der Waals surface area contributed by atoms with Crippen LogP contribution in [0.1, 0.15) is 30.9 Å². The zero-order valence-electron chi connectivity index (χ0n) is 9.99. The Morgan fingerprint density at radius 3 is 2.65 bits per heavy atom. The summed E-state index contributed by atoms with van der Waals surface area (Å²) in [5.41, 5.74) is 12.6. The quantitative estimate of drug-likeness (QED) is 0.791. The normalized spacial score (nSPS) is 11.8. The van der Waals surface area contributed by atoms with E-state index >= 15 is 0 Å². The molecule has 0 amide bonds. The molecule has 1 atom stereocenters. The highest BCUT2D eigenvalue weighted by Gasteiger charge is 2.11. The monoisotopic (exact) mass is 322 g/mol. The molecule has 0 aromatic heterocycles. The molecule has 0 heterocycles. The first-order valence-corrected chi connectivity index (χ1v) is 6.27. The van der Waals surface area contributed by atoms with Crippen molar-refractivity contribution in [3.05, 3.63) is 28.2 Å². The van der Waals surface area contributed by atoms with Gasteiger partial charge in [-0.25, -0.2) is 0 Å². The topological polar surface area (TPSA) is 61.3 Å². The Kier molecular flexibility index (Phi) is 8.60. The molecular formula is C12H20BrClN2O. The lowest BCUT2D eigenvalue weighted by molar-refractivity contribution is 0.403. The molecule has 1 aromatic rings. The number of methoxy groups -OCH3 is 1. The summed E-state index contributed by atoms with van der Waals surface area (Å²) in [6.07, 6.45) is 3.00. The average molecular weight is 324 g/mol. The number of rotatable bonds is 6. The fraction of sp³-hybridized carbons (Fsp3) is 0.500.